The molecule has 1 N–H and O–H groups in total. The normalized spacial score (nSPS) is 19.5. The monoisotopic (exact) mass is 453 g/mol. The molecule has 2 aromatic carbocycles. The number of hydrogen-bond donors (Lipinski definition) is 1. The van der Waals surface area contributed by atoms with Gasteiger partial charge >= 0.3 is 6.09 Å². The largest absolute Gasteiger partial charge is 0.443 e. The fourth-order valence-electron chi connectivity index (χ4n) is 3.46. The summed E-state index contributed by atoms with van der Waals surface area (Å²) in [5.41, 5.74) is 0.756. The number of cyclic esters (lactones) is 1. The number of halogens is 2. The van der Waals surface area contributed by atoms with Gasteiger partial charge in [0.25, 0.3) is 0 Å². The Morgan fingerprint density at radius 1 is 1.06 bits per heavy atom. The molecule has 8 nitrogen and oxygen atoms in total. The van der Waals surface area contributed by atoms with Crippen LogP contribution in [-0.2, 0) is 19.5 Å². The molecule has 4 rings (SSSR count). The molecule has 2 aliphatic heterocycles. The van der Waals surface area contributed by atoms with Gasteiger partial charge in [0.1, 0.15) is 17.7 Å². The Balaban J connectivity index is 1.40. The molecule has 11 heteroatoms. The van der Waals surface area contributed by atoms with Crippen molar-refractivity contribution in [2.75, 3.05) is 49.2 Å². The maximum absolute atomic E-state index is 14.7. The van der Waals surface area contributed by atoms with Gasteiger partial charge in [-0.05, 0) is 42.5 Å². The van der Waals surface area contributed by atoms with Crippen molar-refractivity contribution < 1.29 is 31.5 Å². The number of rotatable bonds is 6. The maximum Gasteiger partial charge on any atom is 0.414 e. The van der Waals surface area contributed by atoms with Crippen molar-refractivity contribution in [3.05, 3.63) is 54.1 Å². The fourth-order valence-corrected chi connectivity index (χ4v) is 4.53. The van der Waals surface area contributed by atoms with E-state index in [4.69, 9.17) is 9.47 Å². The first kappa shape index (κ1) is 21.5. The molecule has 0 spiro atoms. The molecule has 0 bridgehead atoms. The molecular weight excluding hydrogens is 432 g/mol. The van der Waals surface area contributed by atoms with Gasteiger partial charge in [0.2, 0.25) is 10.0 Å². The lowest BCUT2D eigenvalue weighted by Gasteiger charge is -2.29. The summed E-state index contributed by atoms with van der Waals surface area (Å²) in [6.07, 6.45) is -1.45. The molecule has 2 saturated heterocycles. The second-order valence-electron chi connectivity index (χ2n) is 7.16. The second-order valence-corrected chi connectivity index (χ2v) is 8.92. The number of nitrogens with one attached hydrogen (secondary N) is 1. The van der Waals surface area contributed by atoms with Crippen LogP contribution in [0.25, 0.3) is 0 Å². The van der Waals surface area contributed by atoms with Crippen LogP contribution in [0, 0.1) is 11.6 Å². The van der Waals surface area contributed by atoms with E-state index in [1.807, 2.05) is 4.90 Å². The first-order valence-electron chi connectivity index (χ1n) is 9.69. The molecule has 2 aliphatic rings. The lowest BCUT2D eigenvalue weighted by atomic mass is 10.2. The third-order valence-corrected chi connectivity index (χ3v) is 6.53. The summed E-state index contributed by atoms with van der Waals surface area (Å²) >= 11 is 0. The van der Waals surface area contributed by atoms with Gasteiger partial charge in [-0.1, -0.05) is 0 Å². The average Bonchev–Trinajstić information content (AvgIpc) is 3.14. The van der Waals surface area contributed by atoms with E-state index in [2.05, 4.69) is 4.72 Å². The molecule has 0 aliphatic carbocycles. The van der Waals surface area contributed by atoms with E-state index in [9.17, 15) is 22.0 Å². The van der Waals surface area contributed by atoms with E-state index in [0.29, 0.717) is 37.7 Å². The van der Waals surface area contributed by atoms with Crippen molar-refractivity contribution in [2.24, 2.45) is 0 Å². The Morgan fingerprint density at radius 3 is 2.45 bits per heavy atom. The zero-order valence-electron chi connectivity index (χ0n) is 16.5. The summed E-state index contributed by atoms with van der Waals surface area (Å²) in [5, 5.41) is 0. The van der Waals surface area contributed by atoms with Gasteiger partial charge in [-0.2, -0.15) is 0 Å². The predicted molar refractivity (Wildman–Crippen MR) is 109 cm³/mol. The first-order valence-corrected chi connectivity index (χ1v) is 11.2. The van der Waals surface area contributed by atoms with Crippen LogP contribution in [-0.4, -0.2) is 60.0 Å². The third-order valence-electron chi connectivity index (χ3n) is 5.09. The fraction of sp³-hybridized carbons (Fsp3) is 0.350. The van der Waals surface area contributed by atoms with Crippen LogP contribution in [0.3, 0.4) is 0 Å². The second kappa shape index (κ2) is 8.77. The number of hydrogen-bond acceptors (Lipinski definition) is 6. The molecule has 2 aromatic rings. The summed E-state index contributed by atoms with van der Waals surface area (Å²) < 4.78 is 65.1. The number of ether oxygens (including phenoxy) is 2. The number of benzene rings is 2. The molecule has 1 amide bonds. The van der Waals surface area contributed by atoms with Crippen LogP contribution in [0.1, 0.15) is 0 Å². The summed E-state index contributed by atoms with van der Waals surface area (Å²) in [5.74, 6) is -1.01. The van der Waals surface area contributed by atoms with Crippen LogP contribution in [0.15, 0.2) is 47.4 Å². The molecule has 2 heterocycles. The Kier molecular flexibility index (Phi) is 6.08. The number of amides is 1. The van der Waals surface area contributed by atoms with Crippen molar-refractivity contribution in [2.45, 2.75) is 11.0 Å². The van der Waals surface area contributed by atoms with Crippen LogP contribution in [0.5, 0.6) is 0 Å². The zero-order chi connectivity index (χ0) is 22.0. The van der Waals surface area contributed by atoms with Gasteiger partial charge in [0.05, 0.1) is 36.0 Å². The highest BCUT2D eigenvalue weighted by molar-refractivity contribution is 7.89. The zero-order valence-corrected chi connectivity index (χ0v) is 17.3. The molecule has 166 valence electrons. The van der Waals surface area contributed by atoms with Crippen LogP contribution >= 0.6 is 0 Å². The minimum absolute atomic E-state index is 0.0567. The maximum atomic E-state index is 14.7. The highest BCUT2D eigenvalue weighted by Crippen LogP contribution is 2.28. The van der Waals surface area contributed by atoms with Crippen molar-refractivity contribution in [3.63, 3.8) is 0 Å². The van der Waals surface area contributed by atoms with Crippen molar-refractivity contribution in [3.8, 4) is 0 Å². The number of nitrogens with zero attached hydrogens (tertiary/aromatic N) is 2. The Morgan fingerprint density at radius 2 is 1.77 bits per heavy atom. The highest BCUT2D eigenvalue weighted by Gasteiger charge is 2.33. The van der Waals surface area contributed by atoms with Crippen molar-refractivity contribution >= 4 is 27.5 Å². The Bertz CT molecular complexity index is 1060. The standard InChI is InChI=1S/C20H21F2N3O5S/c21-14-1-4-17(5-2-14)31(27,28)23-12-16-13-25(20(26)30-16)15-3-6-19(18(22)11-15)24-7-9-29-10-8-24/h1-6,11,16,23H,7-10,12-13H2. The Hall–Kier alpha value is -2.76. The molecule has 1 atom stereocenters. The van der Waals surface area contributed by atoms with Crippen molar-refractivity contribution in [1.82, 2.24) is 4.72 Å². The van der Waals surface area contributed by atoms with E-state index >= 15 is 0 Å². The highest BCUT2D eigenvalue weighted by atomic mass is 32.2. The lowest BCUT2D eigenvalue weighted by molar-refractivity contribution is 0.122. The summed E-state index contributed by atoms with van der Waals surface area (Å²) in [6, 6.07) is 8.86. The minimum atomic E-state index is -3.89. The summed E-state index contributed by atoms with van der Waals surface area (Å²) in [6.45, 7) is 2.10. The Labute approximate surface area is 178 Å². The molecular formula is C20H21F2N3O5S. The quantitative estimate of drug-likeness (QED) is 0.721. The number of morpholine rings is 1. The smallest absolute Gasteiger partial charge is 0.414 e. The third kappa shape index (κ3) is 4.78. The van der Waals surface area contributed by atoms with Gasteiger partial charge in [-0.15, -0.1) is 0 Å². The number of carbonyl (C=O) groups is 1. The van der Waals surface area contributed by atoms with E-state index in [1.54, 1.807) is 12.1 Å². The SMILES string of the molecule is O=C1OC(CNS(=O)(=O)c2ccc(F)cc2)CN1c1ccc(N2CCOCC2)c(F)c1. The molecule has 0 saturated carbocycles. The molecule has 31 heavy (non-hydrogen) atoms. The first-order chi connectivity index (χ1) is 14.8. The summed E-state index contributed by atoms with van der Waals surface area (Å²) in [4.78, 5) is 15.3. The average molecular weight is 453 g/mol. The predicted octanol–water partition coefficient (Wildman–Crippen LogP) is 2.11. The van der Waals surface area contributed by atoms with Gasteiger partial charge in [0, 0.05) is 19.6 Å². The summed E-state index contributed by atoms with van der Waals surface area (Å²) in [7, 11) is -3.89. The van der Waals surface area contributed by atoms with Crippen LogP contribution < -0.4 is 14.5 Å². The molecule has 2 fully saturated rings. The van der Waals surface area contributed by atoms with E-state index < -0.39 is 33.9 Å². The lowest BCUT2D eigenvalue weighted by Crippen LogP contribution is -2.37. The van der Waals surface area contributed by atoms with Crippen LogP contribution in [0.4, 0.5) is 25.0 Å². The van der Waals surface area contributed by atoms with E-state index in [1.165, 1.54) is 11.0 Å². The topological polar surface area (TPSA) is 88.2 Å². The van der Waals surface area contributed by atoms with Gasteiger partial charge < -0.3 is 14.4 Å². The van der Waals surface area contributed by atoms with Gasteiger partial charge in [0.15, 0.2) is 0 Å². The van der Waals surface area contributed by atoms with E-state index in [-0.39, 0.29) is 18.0 Å². The molecule has 0 aromatic heterocycles. The van der Waals surface area contributed by atoms with Crippen LogP contribution in [0.2, 0.25) is 0 Å². The van der Waals surface area contributed by atoms with Gasteiger partial charge in [-0.25, -0.2) is 26.7 Å². The molecule has 0 radical (unpaired) electrons. The van der Waals surface area contributed by atoms with Crippen molar-refractivity contribution in [1.29, 1.82) is 0 Å². The van der Waals surface area contributed by atoms with Gasteiger partial charge in [-0.3, -0.25) is 4.90 Å². The number of sulfonamides is 1. The number of carbonyl (C=O) groups excluding carboxylic acids is 1. The minimum Gasteiger partial charge on any atom is -0.443 e. The number of anilines is 2. The van der Waals surface area contributed by atoms with E-state index in [0.717, 1.165) is 24.3 Å². The molecule has 1 unspecified atom stereocenters.